The molecule has 2 aliphatic rings. The molecule has 1 fully saturated rings. The van der Waals surface area contributed by atoms with E-state index in [-0.39, 0.29) is 6.79 Å². The van der Waals surface area contributed by atoms with Crippen molar-refractivity contribution in [1.29, 1.82) is 0 Å². The van der Waals surface area contributed by atoms with Crippen LogP contribution in [-0.4, -0.2) is 66.6 Å². The average Bonchev–Trinajstić information content (AvgIpc) is 3.39. The van der Waals surface area contributed by atoms with Crippen LogP contribution in [0.3, 0.4) is 0 Å². The van der Waals surface area contributed by atoms with Crippen molar-refractivity contribution in [3.05, 3.63) is 30.9 Å². The highest BCUT2D eigenvalue weighted by atomic mass is 16.7. The Morgan fingerprint density at radius 2 is 1.93 bits per heavy atom. The molecule has 0 aliphatic carbocycles. The molecule has 27 heavy (non-hydrogen) atoms. The van der Waals surface area contributed by atoms with Gasteiger partial charge in [-0.05, 0) is 18.2 Å². The van der Waals surface area contributed by atoms with Crippen LogP contribution in [-0.2, 0) is 4.74 Å². The first-order chi connectivity index (χ1) is 13.2. The van der Waals surface area contributed by atoms with Gasteiger partial charge in [-0.3, -0.25) is 4.57 Å². The third-order valence-electron chi connectivity index (χ3n) is 4.80. The largest absolute Gasteiger partial charge is 0.454 e. The molecule has 4 heterocycles. The zero-order valence-corrected chi connectivity index (χ0v) is 14.0. The summed E-state index contributed by atoms with van der Waals surface area (Å²) in [6, 6.07) is 5.46. The van der Waals surface area contributed by atoms with Gasteiger partial charge in [0.1, 0.15) is 35.8 Å². The predicted molar refractivity (Wildman–Crippen MR) is 89.9 cm³/mol. The first-order valence-corrected chi connectivity index (χ1v) is 8.37. The second kappa shape index (κ2) is 6.13. The van der Waals surface area contributed by atoms with Crippen molar-refractivity contribution < 1.29 is 29.5 Å². The van der Waals surface area contributed by atoms with Crippen LogP contribution >= 0.6 is 0 Å². The highest BCUT2D eigenvalue weighted by Gasteiger charge is 2.44. The predicted octanol–water partition coefficient (Wildman–Crippen LogP) is -0.167. The molecule has 3 aromatic rings. The average molecular weight is 372 g/mol. The third kappa shape index (κ3) is 2.46. The Morgan fingerprint density at radius 3 is 2.74 bits per heavy atom. The molecule has 0 saturated carbocycles. The van der Waals surface area contributed by atoms with E-state index in [4.69, 9.17) is 14.2 Å². The van der Waals surface area contributed by atoms with Crippen molar-refractivity contribution >= 4 is 11.2 Å². The molecule has 0 spiro atoms. The van der Waals surface area contributed by atoms with E-state index < -0.39 is 31.1 Å². The number of benzene rings is 1. The fraction of sp³-hybridized carbons (Fsp3) is 0.353. The van der Waals surface area contributed by atoms with E-state index in [1.165, 1.54) is 17.2 Å². The Labute approximate surface area is 152 Å². The Kier molecular flexibility index (Phi) is 3.72. The van der Waals surface area contributed by atoms with E-state index in [1.807, 2.05) is 12.1 Å². The van der Waals surface area contributed by atoms with Crippen LogP contribution in [0.1, 0.15) is 6.23 Å². The number of fused-ring (bicyclic) bond motifs is 2. The monoisotopic (exact) mass is 372 g/mol. The minimum atomic E-state index is -1.22. The molecular formula is C17H16N4O6. The van der Waals surface area contributed by atoms with Crippen molar-refractivity contribution in [3.63, 3.8) is 0 Å². The molecule has 5 rings (SSSR count). The van der Waals surface area contributed by atoms with Crippen LogP contribution < -0.4 is 9.47 Å². The number of rotatable bonds is 3. The van der Waals surface area contributed by atoms with Crippen LogP contribution in [0, 0.1) is 0 Å². The van der Waals surface area contributed by atoms with Crippen molar-refractivity contribution in [2.45, 2.75) is 24.5 Å². The molecule has 4 atom stereocenters. The number of hydrogen-bond acceptors (Lipinski definition) is 9. The lowest BCUT2D eigenvalue weighted by Gasteiger charge is -2.16. The first-order valence-electron chi connectivity index (χ1n) is 8.37. The normalized spacial score (nSPS) is 26.8. The summed E-state index contributed by atoms with van der Waals surface area (Å²) in [5.74, 6) is 1.29. The number of aliphatic hydroxyl groups is 3. The summed E-state index contributed by atoms with van der Waals surface area (Å²) in [6.07, 6.45) is -1.35. The summed E-state index contributed by atoms with van der Waals surface area (Å²) in [6.45, 7) is -0.226. The van der Waals surface area contributed by atoms with Gasteiger partial charge in [0.25, 0.3) is 0 Å². The molecule has 0 bridgehead atoms. The minimum absolute atomic E-state index is 0.178. The number of aromatic nitrogens is 4. The van der Waals surface area contributed by atoms with Crippen molar-refractivity contribution in [2.24, 2.45) is 0 Å². The fourth-order valence-electron chi connectivity index (χ4n) is 3.40. The van der Waals surface area contributed by atoms with Gasteiger partial charge >= 0.3 is 0 Å². The number of ether oxygens (including phenoxy) is 3. The maximum absolute atomic E-state index is 10.3. The van der Waals surface area contributed by atoms with Gasteiger partial charge in [0, 0.05) is 5.56 Å². The van der Waals surface area contributed by atoms with E-state index in [1.54, 1.807) is 6.07 Å². The Hall–Kier alpha value is -2.79. The Balaban J connectivity index is 1.58. The lowest BCUT2D eigenvalue weighted by atomic mass is 10.1. The number of nitrogens with zero attached hydrogens (tertiary/aromatic N) is 4. The highest BCUT2D eigenvalue weighted by Crippen LogP contribution is 2.37. The summed E-state index contributed by atoms with van der Waals surface area (Å²) in [4.78, 5) is 13.0. The zero-order chi connectivity index (χ0) is 18.5. The van der Waals surface area contributed by atoms with E-state index >= 15 is 0 Å². The van der Waals surface area contributed by atoms with Crippen LogP contribution in [0.4, 0.5) is 0 Å². The molecule has 2 aromatic heterocycles. The van der Waals surface area contributed by atoms with E-state index in [0.717, 1.165) is 5.56 Å². The van der Waals surface area contributed by atoms with E-state index in [9.17, 15) is 15.3 Å². The van der Waals surface area contributed by atoms with Crippen LogP contribution in [0.5, 0.6) is 11.5 Å². The van der Waals surface area contributed by atoms with Gasteiger partial charge in [-0.1, -0.05) is 0 Å². The van der Waals surface area contributed by atoms with Gasteiger partial charge in [0.15, 0.2) is 23.4 Å². The minimum Gasteiger partial charge on any atom is -0.454 e. The topological polar surface area (TPSA) is 132 Å². The van der Waals surface area contributed by atoms with E-state index in [2.05, 4.69) is 15.0 Å². The molecule has 10 nitrogen and oxygen atoms in total. The van der Waals surface area contributed by atoms with Gasteiger partial charge < -0.3 is 29.5 Å². The van der Waals surface area contributed by atoms with Gasteiger partial charge in [0.2, 0.25) is 6.79 Å². The van der Waals surface area contributed by atoms with Crippen molar-refractivity contribution in [1.82, 2.24) is 19.5 Å². The molecule has 140 valence electrons. The maximum atomic E-state index is 10.3. The molecule has 0 unspecified atom stereocenters. The third-order valence-corrected chi connectivity index (χ3v) is 4.80. The highest BCUT2D eigenvalue weighted by molar-refractivity contribution is 5.87. The second-order valence-corrected chi connectivity index (χ2v) is 6.34. The van der Waals surface area contributed by atoms with Crippen molar-refractivity contribution in [3.8, 4) is 22.8 Å². The number of hydrogen-bond donors (Lipinski definition) is 3. The van der Waals surface area contributed by atoms with E-state index in [0.29, 0.717) is 28.4 Å². The van der Waals surface area contributed by atoms with Gasteiger partial charge in [-0.15, -0.1) is 0 Å². The van der Waals surface area contributed by atoms with Crippen LogP contribution in [0.15, 0.2) is 30.9 Å². The van der Waals surface area contributed by atoms with Crippen LogP contribution in [0.25, 0.3) is 22.4 Å². The summed E-state index contributed by atoms with van der Waals surface area (Å²) in [5.41, 5.74) is 2.31. The smallest absolute Gasteiger partial charge is 0.231 e. The zero-order valence-electron chi connectivity index (χ0n) is 14.0. The molecule has 2 aliphatic heterocycles. The summed E-state index contributed by atoms with van der Waals surface area (Å²) < 4.78 is 17.8. The fourth-order valence-corrected chi connectivity index (χ4v) is 3.40. The molecule has 0 amide bonds. The van der Waals surface area contributed by atoms with Gasteiger partial charge in [-0.2, -0.15) is 0 Å². The standard InChI is InChI=1S/C17H16N4O6/c22-4-11-14(23)15(24)17(27-11)21-6-20-13-12(18-5-19-16(13)21)8-1-2-9-10(3-8)26-7-25-9/h1-3,5-6,11,14-15,17,22-24H,4,7H2/t11-,14-,15-,17-/m1/s1. The summed E-state index contributed by atoms with van der Waals surface area (Å²) in [7, 11) is 0. The van der Waals surface area contributed by atoms with Gasteiger partial charge in [-0.25, -0.2) is 15.0 Å². The first kappa shape index (κ1) is 16.4. The molecular weight excluding hydrogens is 356 g/mol. The van der Waals surface area contributed by atoms with Crippen molar-refractivity contribution in [2.75, 3.05) is 13.4 Å². The lowest BCUT2D eigenvalue weighted by Crippen LogP contribution is -2.33. The summed E-state index contributed by atoms with van der Waals surface area (Å²) >= 11 is 0. The Morgan fingerprint density at radius 1 is 1.07 bits per heavy atom. The number of aliphatic hydroxyl groups excluding tert-OH is 3. The quantitative estimate of drug-likeness (QED) is 0.573. The van der Waals surface area contributed by atoms with Crippen LogP contribution in [0.2, 0.25) is 0 Å². The van der Waals surface area contributed by atoms with Gasteiger partial charge in [0.05, 0.1) is 12.9 Å². The Bertz CT molecular complexity index is 1010. The SMILES string of the molecule is OC[C@H]1O[C@@H](n2cnc3c(-c4ccc5c(c4)OCO5)ncnc32)[C@H](O)[C@@H]1O. The molecule has 1 saturated heterocycles. The maximum Gasteiger partial charge on any atom is 0.231 e. The summed E-state index contributed by atoms with van der Waals surface area (Å²) in [5, 5.41) is 29.6. The molecule has 3 N–H and O–H groups in total. The lowest BCUT2D eigenvalue weighted by molar-refractivity contribution is -0.0511. The molecule has 10 heteroatoms. The molecule has 1 aromatic carbocycles. The number of imidazole rings is 1. The molecule has 0 radical (unpaired) electrons. The second-order valence-electron chi connectivity index (χ2n) is 6.34.